The van der Waals surface area contributed by atoms with Crippen LogP contribution in [0.25, 0.3) is 11.3 Å². The smallest absolute Gasteiger partial charge is 0.254 e. The molecule has 5 rings (SSSR count). The van der Waals surface area contributed by atoms with Crippen LogP contribution in [0.4, 0.5) is 10.1 Å². The van der Waals surface area contributed by atoms with Crippen LogP contribution in [-0.4, -0.2) is 111 Å². The molecular weight excluding hydrogens is 513 g/mol. The number of halogens is 1. The number of phenolic OH excluding ortho intramolecular Hbond substituents is 1. The van der Waals surface area contributed by atoms with Gasteiger partial charge >= 0.3 is 0 Å². The summed E-state index contributed by atoms with van der Waals surface area (Å²) in [6.45, 7) is 1.05. The van der Waals surface area contributed by atoms with Gasteiger partial charge in [-0.05, 0) is 24.3 Å². The van der Waals surface area contributed by atoms with Crippen molar-refractivity contribution in [3.8, 4) is 22.8 Å². The van der Waals surface area contributed by atoms with Crippen LogP contribution in [0.15, 0.2) is 48.7 Å². The number of hydrogen-bond acceptors (Lipinski definition) is 10. The number of piperazine rings is 1. The van der Waals surface area contributed by atoms with Gasteiger partial charge in [0.15, 0.2) is 17.6 Å². The number of methoxy groups -OCH3 is 1. The molecule has 39 heavy (non-hydrogen) atoms. The van der Waals surface area contributed by atoms with Crippen LogP contribution in [0.1, 0.15) is 6.04 Å². The molecule has 0 unspecified atom stereocenters. The van der Waals surface area contributed by atoms with Crippen LogP contribution in [-0.2, 0) is 9.53 Å². The standard InChI is InChI=1S/C26H30FN5O7/c1-38-20-12-17(5-6-19(20)34)30-7-9-31(10-8-30)26(37)25-24(36)22(23(35)21(14-33)39-25)32-13-18(28-29-32)15-3-2-4-16(27)11-15/h2-6,11-13,21-25,33-36H,7-10,14H2,1H3/t21-,22+,23+,24-,25-/m1/s1. The molecule has 3 aromatic rings. The van der Waals surface area contributed by atoms with Gasteiger partial charge in [-0.15, -0.1) is 5.10 Å². The minimum Gasteiger partial charge on any atom is -0.504 e. The molecule has 12 nitrogen and oxygen atoms in total. The molecule has 0 bridgehead atoms. The van der Waals surface area contributed by atoms with E-state index >= 15 is 0 Å². The molecule has 0 aliphatic carbocycles. The number of aromatic nitrogens is 3. The van der Waals surface area contributed by atoms with Crippen LogP contribution in [0, 0.1) is 5.82 Å². The molecule has 1 aromatic heterocycles. The van der Waals surface area contributed by atoms with E-state index in [0.717, 1.165) is 5.69 Å². The van der Waals surface area contributed by atoms with E-state index < -0.39 is 48.8 Å². The first kappa shape index (κ1) is 26.8. The Kier molecular flexibility index (Phi) is 7.66. The molecule has 4 N–H and O–H groups in total. The summed E-state index contributed by atoms with van der Waals surface area (Å²) in [6, 6.07) is 9.62. The Hall–Kier alpha value is -3.78. The fourth-order valence-electron chi connectivity index (χ4n) is 5.05. The van der Waals surface area contributed by atoms with Crippen LogP contribution in [0.2, 0.25) is 0 Å². The summed E-state index contributed by atoms with van der Waals surface area (Å²) in [7, 11) is 1.47. The lowest BCUT2D eigenvalue weighted by Gasteiger charge is -2.44. The maximum Gasteiger partial charge on any atom is 0.254 e. The lowest BCUT2D eigenvalue weighted by molar-refractivity contribution is -0.211. The predicted octanol–water partition coefficient (Wildman–Crippen LogP) is 0.170. The van der Waals surface area contributed by atoms with Crippen LogP contribution < -0.4 is 9.64 Å². The van der Waals surface area contributed by atoms with Gasteiger partial charge in [0, 0.05) is 43.5 Å². The van der Waals surface area contributed by atoms with E-state index in [-0.39, 0.29) is 5.75 Å². The summed E-state index contributed by atoms with van der Waals surface area (Å²) in [5.74, 6) is -0.558. The van der Waals surface area contributed by atoms with Gasteiger partial charge in [0.1, 0.15) is 35.9 Å². The number of carbonyl (C=O) groups is 1. The average molecular weight is 544 g/mol. The van der Waals surface area contributed by atoms with E-state index in [4.69, 9.17) is 9.47 Å². The first-order valence-electron chi connectivity index (χ1n) is 12.5. The second-order valence-electron chi connectivity index (χ2n) is 9.51. The molecule has 0 spiro atoms. The maximum absolute atomic E-state index is 13.7. The van der Waals surface area contributed by atoms with E-state index in [2.05, 4.69) is 10.3 Å². The van der Waals surface area contributed by atoms with E-state index in [0.29, 0.717) is 43.2 Å². The van der Waals surface area contributed by atoms with Gasteiger partial charge in [0.05, 0.1) is 19.9 Å². The largest absolute Gasteiger partial charge is 0.504 e. The van der Waals surface area contributed by atoms with Crippen LogP contribution in [0.3, 0.4) is 0 Å². The van der Waals surface area contributed by atoms with E-state index in [9.17, 15) is 29.6 Å². The number of aromatic hydroxyl groups is 1. The molecule has 2 saturated heterocycles. The second kappa shape index (κ2) is 11.1. The third kappa shape index (κ3) is 5.26. The van der Waals surface area contributed by atoms with Crippen LogP contribution >= 0.6 is 0 Å². The number of nitrogens with zero attached hydrogens (tertiary/aromatic N) is 5. The zero-order chi connectivity index (χ0) is 27.7. The quantitative estimate of drug-likeness (QED) is 0.338. The molecule has 5 atom stereocenters. The topological polar surface area (TPSA) is 154 Å². The summed E-state index contributed by atoms with van der Waals surface area (Å²) in [5.41, 5.74) is 1.59. The first-order valence-corrected chi connectivity index (χ1v) is 12.5. The molecule has 2 aliphatic heterocycles. The highest BCUT2D eigenvalue weighted by Gasteiger charge is 2.49. The van der Waals surface area contributed by atoms with Gasteiger partial charge in [-0.25, -0.2) is 9.07 Å². The Morgan fingerprint density at radius 3 is 2.59 bits per heavy atom. The fourth-order valence-corrected chi connectivity index (χ4v) is 5.05. The molecule has 1 amide bonds. The van der Waals surface area contributed by atoms with Crippen molar-refractivity contribution in [2.45, 2.75) is 30.5 Å². The number of amides is 1. The molecule has 2 aromatic carbocycles. The molecular formula is C26H30FN5O7. The van der Waals surface area contributed by atoms with Gasteiger partial charge in [-0.2, -0.15) is 0 Å². The van der Waals surface area contributed by atoms with Gasteiger partial charge in [0.25, 0.3) is 5.91 Å². The first-order chi connectivity index (χ1) is 18.8. The van der Waals surface area contributed by atoms with Gasteiger partial charge in [-0.1, -0.05) is 17.3 Å². The lowest BCUT2D eigenvalue weighted by Crippen LogP contribution is -2.62. The number of carbonyl (C=O) groups excluding carboxylic acids is 1. The average Bonchev–Trinajstić information content (AvgIpc) is 3.43. The van der Waals surface area contributed by atoms with E-state index in [1.807, 2.05) is 4.90 Å². The van der Waals surface area contributed by atoms with Crippen LogP contribution in [0.5, 0.6) is 11.5 Å². The Balaban J connectivity index is 1.31. The van der Waals surface area contributed by atoms with E-state index in [1.165, 1.54) is 36.2 Å². The number of benzene rings is 2. The van der Waals surface area contributed by atoms with Crippen molar-refractivity contribution in [3.05, 3.63) is 54.5 Å². The highest BCUT2D eigenvalue weighted by molar-refractivity contribution is 5.82. The van der Waals surface area contributed by atoms with Crippen molar-refractivity contribution in [2.75, 3.05) is 44.8 Å². The molecule has 0 radical (unpaired) electrons. The number of ether oxygens (including phenoxy) is 2. The summed E-state index contributed by atoms with van der Waals surface area (Å²) in [6.07, 6.45) is -3.97. The summed E-state index contributed by atoms with van der Waals surface area (Å²) >= 11 is 0. The Bertz CT molecular complexity index is 1320. The van der Waals surface area contributed by atoms with Crippen molar-refractivity contribution in [3.63, 3.8) is 0 Å². The van der Waals surface area contributed by atoms with Gasteiger partial charge in [0.2, 0.25) is 0 Å². The zero-order valence-electron chi connectivity index (χ0n) is 21.2. The molecule has 3 heterocycles. The number of aliphatic hydroxyl groups excluding tert-OH is 3. The molecule has 2 aliphatic rings. The van der Waals surface area contributed by atoms with Crippen molar-refractivity contribution >= 4 is 11.6 Å². The minimum absolute atomic E-state index is 0.0316. The number of aliphatic hydroxyl groups is 3. The Morgan fingerprint density at radius 1 is 1.13 bits per heavy atom. The third-order valence-electron chi connectivity index (χ3n) is 7.19. The Labute approximate surface area is 223 Å². The number of hydrogen-bond donors (Lipinski definition) is 4. The SMILES string of the molecule is COc1cc(N2CCN(C(=O)[C@@H]3O[C@H](CO)[C@H](O)[C@H](n4cc(-c5cccc(F)c5)nn4)[C@H]3O)CC2)ccc1O. The number of anilines is 1. The lowest BCUT2D eigenvalue weighted by atomic mass is 9.91. The molecule has 0 saturated carbocycles. The summed E-state index contributed by atoms with van der Waals surface area (Å²) < 4.78 is 25.8. The molecule has 2 fully saturated rings. The third-order valence-corrected chi connectivity index (χ3v) is 7.19. The zero-order valence-corrected chi connectivity index (χ0v) is 21.2. The minimum atomic E-state index is -1.50. The Morgan fingerprint density at radius 2 is 1.90 bits per heavy atom. The molecule has 13 heteroatoms. The summed E-state index contributed by atoms with van der Waals surface area (Å²) in [4.78, 5) is 17.1. The second-order valence-corrected chi connectivity index (χ2v) is 9.51. The fraction of sp³-hybridized carbons (Fsp3) is 0.423. The van der Waals surface area contributed by atoms with E-state index in [1.54, 1.807) is 29.2 Å². The van der Waals surface area contributed by atoms with Crippen molar-refractivity contribution in [2.24, 2.45) is 0 Å². The number of rotatable bonds is 6. The predicted molar refractivity (Wildman–Crippen MR) is 136 cm³/mol. The highest BCUT2D eigenvalue weighted by atomic mass is 19.1. The monoisotopic (exact) mass is 543 g/mol. The molecule has 208 valence electrons. The van der Waals surface area contributed by atoms with Gasteiger partial charge in [-0.3, -0.25) is 4.79 Å². The maximum atomic E-state index is 13.7. The van der Waals surface area contributed by atoms with Gasteiger partial charge < -0.3 is 39.7 Å². The normalized spacial score (nSPS) is 25.5. The summed E-state index contributed by atoms with van der Waals surface area (Å²) in [5, 5.41) is 49.8. The van der Waals surface area contributed by atoms with Crippen molar-refractivity contribution in [1.29, 1.82) is 0 Å². The van der Waals surface area contributed by atoms with Crippen molar-refractivity contribution in [1.82, 2.24) is 19.9 Å². The van der Waals surface area contributed by atoms with Crippen molar-refractivity contribution < 1.29 is 39.1 Å². The number of phenols is 1. The highest BCUT2D eigenvalue weighted by Crippen LogP contribution is 2.33.